The first-order chi connectivity index (χ1) is 10.9. The van der Waals surface area contributed by atoms with Gasteiger partial charge in [-0.3, -0.25) is 9.59 Å². The van der Waals surface area contributed by atoms with Gasteiger partial charge in [0.2, 0.25) is 5.91 Å². The molecule has 2 aliphatic rings. The normalized spacial score (nSPS) is 22.8. The number of nitrogens with zero attached hydrogens (tertiary/aromatic N) is 1. The highest BCUT2D eigenvalue weighted by Crippen LogP contribution is 2.30. The molecule has 0 saturated carbocycles. The summed E-state index contributed by atoms with van der Waals surface area (Å²) in [5.41, 5.74) is 1.81. The van der Waals surface area contributed by atoms with E-state index in [4.69, 9.17) is 9.47 Å². The highest BCUT2D eigenvalue weighted by molar-refractivity contribution is 9.10. The van der Waals surface area contributed by atoms with Crippen molar-refractivity contribution in [2.45, 2.75) is 20.3 Å². The minimum Gasteiger partial charge on any atom is -0.465 e. The Morgan fingerprint density at radius 1 is 1.48 bits per heavy atom. The molecule has 0 aliphatic carbocycles. The van der Waals surface area contributed by atoms with Crippen LogP contribution in [0.3, 0.4) is 0 Å². The third-order valence-electron chi connectivity index (χ3n) is 4.38. The highest BCUT2D eigenvalue weighted by atomic mass is 79.9. The van der Waals surface area contributed by atoms with Crippen molar-refractivity contribution in [2.75, 3.05) is 31.3 Å². The number of rotatable bonds is 4. The van der Waals surface area contributed by atoms with Crippen LogP contribution in [-0.4, -0.2) is 38.2 Å². The van der Waals surface area contributed by atoms with Gasteiger partial charge in [-0.2, -0.15) is 0 Å². The van der Waals surface area contributed by atoms with Gasteiger partial charge in [0.25, 0.3) is 0 Å². The van der Waals surface area contributed by atoms with Gasteiger partial charge in [-0.1, -0.05) is 22.9 Å². The van der Waals surface area contributed by atoms with E-state index in [9.17, 15) is 9.59 Å². The lowest BCUT2D eigenvalue weighted by atomic mass is 9.90. The number of aryl methyl sites for hydroxylation is 1. The van der Waals surface area contributed by atoms with Gasteiger partial charge in [-0.25, -0.2) is 0 Å². The van der Waals surface area contributed by atoms with Crippen LogP contribution in [0.2, 0.25) is 0 Å². The fourth-order valence-electron chi connectivity index (χ4n) is 2.81. The molecule has 2 heterocycles. The Bertz CT molecular complexity index is 641. The molecule has 0 unspecified atom stereocenters. The third kappa shape index (κ3) is 3.43. The largest absolute Gasteiger partial charge is 0.465 e. The number of halogens is 1. The molecule has 23 heavy (non-hydrogen) atoms. The van der Waals surface area contributed by atoms with Crippen LogP contribution >= 0.6 is 15.9 Å². The van der Waals surface area contributed by atoms with Crippen molar-refractivity contribution in [1.82, 2.24) is 0 Å². The van der Waals surface area contributed by atoms with Crippen LogP contribution in [0.25, 0.3) is 0 Å². The number of esters is 1. The summed E-state index contributed by atoms with van der Waals surface area (Å²) in [6, 6.07) is 5.75. The molecule has 0 radical (unpaired) electrons. The van der Waals surface area contributed by atoms with E-state index in [1.54, 1.807) is 4.90 Å². The second kappa shape index (κ2) is 6.24. The summed E-state index contributed by atoms with van der Waals surface area (Å²) in [7, 11) is 0. The fourth-order valence-corrected chi connectivity index (χ4v) is 3.06. The summed E-state index contributed by atoms with van der Waals surface area (Å²) in [6.07, 6.45) is 0.209. The van der Waals surface area contributed by atoms with E-state index in [2.05, 4.69) is 15.9 Å². The van der Waals surface area contributed by atoms with Crippen LogP contribution in [0.5, 0.6) is 0 Å². The van der Waals surface area contributed by atoms with Crippen molar-refractivity contribution in [3.63, 3.8) is 0 Å². The van der Waals surface area contributed by atoms with E-state index in [-0.39, 0.29) is 23.7 Å². The molecule has 3 rings (SSSR count). The first-order valence-corrected chi connectivity index (χ1v) is 8.48. The number of hydrogen-bond acceptors (Lipinski definition) is 4. The van der Waals surface area contributed by atoms with Crippen LogP contribution in [0.15, 0.2) is 22.7 Å². The van der Waals surface area contributed by atoms with Crippen LogP contribution in [0.1, 0.15) is 18.9 Å². The van der Waals surface area contributed by atoms with Crippen molar-refractivity contribution in [1.29, 1.82) is 0 Å². The second-order valence-electron chi connectivity index (χ2n) is 6.75. The lowest BCUT2D eigenvalue weighted by Gasteiger charge is -2.37. The Hall–Kier alpha value is -1.40. The monoisotopic (exact) mass is 381 g/mol. The number of amides is 1. The molecular formula is C17H20BrNO4. The zero-order valence-corrected chi connectivity index (χ0v) is 14.9. The predicted molar refractivity (Wildman–Crippen MR) is 89.2 cm³/mol. The Morgan fingerprint density at radius 2 is 2.22 bits per heavy atom. The van der Waals surface area contributed by atoms with Gasteiger partial charge < -0.3 is 14.4 Å². The first-order valence-electron chi connectivity index (χ1n) is 7.69. The van der Waals surface area contributed by atoms with E-state index in [0.29, 0.717) is 26.4 Å². The maximum Gasteiger partial charge on any atom is 0.311 e. The van der Waals surface area contributed by atoms with Crippen LogP contribution in [0.4, 0.5) is 5.69 Å². The molecule has 1 atom stereocenters. The zero-order chi connectivity index (χ0) is 16.6. The summed E-state index contributed by atoms with van der Waals surface area (Å²) < 4.78 is 11.6. The minimum atomic E-state index is -0.393. The number of carbonyl (C=O) groups excluding carboxylic acids is 2. The van der Waals surface area contributed by atoms with Gasteiger partial charge in [0, 0.05) is 28.5 Å². The Kier molecular flexibility index (Phi) is 4.47. The molecule has 2 aliphatic heterocycles. The molecule has 124 valence electrons. The average molecular weight is 382 g/mol. The van der Waals surface area contributed by atoms with Gasteiger partial charge in [-0.15, -0.1) is 0 Å². The number of hydrogen-bond donors (Lipinski definition) is 0. The Morgan fingerprint density at radius 3 is 2.83 bits per heavy atom. The van der Waals surface area contributed by atoms with Crippen molar-refractivity contribution in [3.05, 3.63) is 28.2 Å². The van der Waals surface area contributed by atoms with Gasteiger partial charge in [0.05, 0.1) is 19.1 Å². The van der Waals surface area contributed by atoms with Crippen molar-refractivity contribution < 1.29 is 19.1 Å². The standard InChI is InChI=1S/C17H20BrNO4/c1-11-5-13(3-4-14(11)18)19-7-12(6-15(19)20)16(21)23-10-17(2)8-22-9-17/h3-5,12H,6-10H2,1-2H3/t12-/m1/s1. The lowest BCUT2D eigenvalue weighted by molar-refractivity contribution is -0.168. The number of ether oxygens (including phenoxy) is 2. The zero-order valence-electron chi connectivity index (χ0n) is 13.3. The molecule has 1 aromatic rings. The molecule has 1 aromatic carbocycles. The quantitative estimate of drug-likeness (QED) is 0.752. The summed E-state index contributed by atoms with van der Waals surface area (Å²) in [6.45, 7) is 5.98. The van der Waals surface area contributed by atoms with Crippen molar-refractivity contribution in [3.8, 4) is 0 Å². The van der Waals surface area contributed by atoms with E-state index in [1.807, 2.05) is 32.0 Å². The van der Waals surface area contributed by atoms with Crippen molar-refractivity contribution >= 4 is 33.5 Å². The molecule has 5 nitrogen and oxygen atoms in total. The maximum absolute atomic E-state index is 12.2. The Labute approximate surface area is 144 Å². The van der Waals surface area contributed by atoms with Gasteiger partial charge in [0.15, 0.2) is 0 Å². The second-order valence-corrected chi connectivity index (χ2v) is 7.60. The average Bonchev–Trinajstić information content (AvgIpc) is 2.88. The lowest BCUT2D eigenvalue weighted by Crippen LogP contribution is -2.44. The van der Waals surface area contributed by atoms with Crippen LogP contribution in [0, 0.1) is 18.3 Å². The summed E-state index contributed by atoms with van der Waals surface area (Å²) in [5.74, 6) is -0.717. The van der Waals surface area contributed by atoms with E-state index < -0.39 is 5.92 Å². The smallest absolute Gasteiger partial charge is 0.311 e. The molecule has 0 aromatic heterocycles. The first kappa shape index (κ1) is 16.5. The van der Waals surface area contributed by atoms with Crippen LogP contribution in [-0.2, 0) is 19.1 Å². The molecule has 0 N–H and O–H groups in total. The van der Waals surface area contributed by atoms with Gasteiger partial charge in [-0.05, 0) is 30.7 Å². The van der Waals surface area contributed by atoms with E-state index in [0.717, 1.165) is 15.7 Å². The number of benzene rings is 1. The van der Waals surface area contributed by atoms with Crippen molar-refractivity contribution in [2.24, 2.45) is 11.3 Å². The molecule has 2 saturated heterocycles. The molecule has 1 amide bonds. The van der Waals surface area contributed by atoms with E-state index in [1.165, 1.54) is 0 Å². The molecule has 6 heteroatoms. The minimum absolute atomic E-state index is 0.0353. The summed E-state index contributed by atoms with van der Waals surface area (Å²) >= 11 is 3.45. The molecular weight excluding hydrogens is 362 g/mol. The molecule has 2 fully saturated rings. The van der Waals surface area contributed by atoms with Gasteiger partial charge in [0.1, 0.15) is 6.61 Å². The molecule has 0 spiro atoms. The SMILES string of the molecule is Cc1cc(N2C[C@H](C(=O)OCC3(C)COC3)CC2=O)ccc1Br. The topological polar surface area (TPSA) is 55.8 Å². The highest BCUT2D eigenvalue weighted by Gasteiger charge is 2.39. The third-order valence-corrected chi connectivity index (χ3v) is 5.27. The van der Waals surface area contributed by atoms with Gasteiger partial charge >= 0.3 is 5.97 Å². The van der Waals surface area contributed by atoms with Crippen LogP contribution < -0.4 is 4.90 Å². The summed E-state index contributed by atoms with van der Waals surface area (Å²) in [4.78, 5) is 26.1. The Balaban J connectivity index is 1.62. The predicted octanol–water partition coefficient (Wildman–Crippen LogP) is 2.69. The maximum atomic E-state index is 12.2. The fraction of sp³-hybridized carbons (Fsp3) is 0.529. The number of anilines is 1. The molecule has 0 bridgehead atoms. The summed E-state index contributed by atoms with van der Waals surface area (Å²) in [5, 5.41) is 0. The van der Waals surface area contributed by atoms with E-state index >= 15 is 0 Å². The number of carbonyl (C=O) groups is 2.